The van der Waals surface area contributed by atoms with Crippen molar-refractivity contribution >= 4 is 6.03 Å². The number of nitrogens with one attached hydrogen (secondary N) is 2. The monoisotopic (exact) mass is 334 g/mol. The molecular formula is C21H38N2O. The molecule has 24 heavy (non-hydrogen) atoms. The van der Waals surface area contributed by atoms with E-state index in [1.165, 1.54) is 5.57 Å². The second kappa shape index (κ2) is 14.6. The second-order valence-corrected chi connectivity index (χ2v) is 5.53. The molecule has 0 fully saturated rings. The molecule has 0 aliphatic heterocycles. The van der Waals surface area contributed by atoms with Crippen molar-refractivity contribution < 1.29 is 7.65 Å². The Balaban J connectivity index is -0.00000127. The van der Waals surface area contributed by atoms with E-state index in [1.807, 2.05) is 26.0 Å². The number of rotatable bonds is 10. The lowest BCUT2D eigenvalue weighted by atomic mass is 10.1. The molecule has 0 spiro atoms. The molecule has 0 saturated heterocycles. The molecule has 2 amide bonds. The highest BCUT2D eigenvalue weighted by atomic mass is 16.2. The standard InChI is InChI=1S/C19H28N2O.C2H6.2H2/c1-4-8-17(5-2)9-6-13-20-19(22)21-14-7-10-18-12-11-16(3)15-18;1-2;;/h4-5,8,11-12,15-16H,1-2,6-7,9-10,13-14H2,3H3,(H2,20,21,22);1-2H3;2*1H/b17-8+;;;. The number of carbonyl (C=O) groups excluding carboxylic acids is 1. The molecule has 1 aliphatic rings. The summed E-state index contributed by atoms with van der Waals surface area (Å²) >= 11 is 0. The van der Waals surface area contributed by atoms with Gasteiger partial charge in [0.2, 0.25) is 0 Å². The SMILES string of the molecule is C=C/C=C(\C=C)CCCNC(=O)NCCCC1=CC(C)C=C1.CC.[HH].[HH]. The van der Waals surface area contributed by atoms with Gasteiger partial charge in [-0.25, -0.2) is 4.79 Å². The number of hydrogen-bond acceptors (Lipinski definition) is 1. The van der Waals surface area contributed by atoms with E-state index in [9.17, 15) is 4.79 Å². The summed E-state index contributed by atoms with van der Waals surface area (Å²) in [6.45, 7) is 15.0. The van der Waals surface area contributed by atoms with Gasteiger partial charge in [0.1, 0.15) is 0 Å². The maximum absolute atomic E-state index is 11.6. The van der Waals surface area contributed by atoms with Crippen LogP contribution in [0.5, 0.6) is 0 Å². The minimum absolute atomic E-state index is 0. The van der Waals surface area contributed by atoms with Crippen LogP contribution in [0.2, 0.25) is 0 Å². The first-order chi connectivity index (χ1) is 11.7. The molecule has 1 rings (SSSR count). The second-order valence-electron chi connectivity index (χ2n) is 5.53. The highest BCUT2D eigenvalue weighted by Crippen LogP contribution is 2.18. The molecule has 1 atom stereocenters. The van der Waals surface area contributed by atoms with Crippen molar-refractivity contribution in [3.8, 4) is 0 Å². The Morgan fingerprint density at radius 1 is 1.25 bits per heavy atom. The minimum atomic E-state index is -0.0860. The van der Waals surface area contributed by atoms with Gasteiger partial charge in [0.15, 0.2) is 0 Å². The van der Waals surface area contributed by atoms with E-state index in [1.54, 1.807) is 6.08 Å². The number of hydrogen-bond donors (Lipinski definition) is 2. The Labute approximate surface area is 151 Å². The van der Waals surface area contributed by atoms with Gasteiger partial charge in [-0.3, -0.25) is 0 Å². The summed E-state index contributed by atoms with van der Waals surface area (Å²) in [5.41, 5.74) is 2.52. The summed E-state index contributed by atoms with van der Waals surface area (Å²) in [5, 5.41) is 5.77. The number of amides is 2. The predicted molar refractivity (Wildman–Crippen MR) is 110 cm³/mol. The third kappa shape index (κ3) is 10.7. The number of allylic oxidation sites excluding steroid dienone is 8. The van der Waals surface area contributed by atoms with Crippen LogP contribution in [0.15, 0.2) is 60.8 Å². The Morgan fingerprint density at radius 3 is 2.46 bits per heavy atom. The smallest absolute Gasteiger partial charge is 0.314 e. The Bertz CT molecular complexity index is 482. The minimum Gasteiger partial charge on any atom is -0.338 e. The Kier molecular flexibility index (Phi) is 13.3. The summed E-state index contributed by atoms with van der Waals surface area (Å²) in [7, 11) is 0. The van der Waals surface area contributed by atoms with Crippen molar-refractivity contribution in [1.29, 1.82) is 0 Å². The lowest BCUT2D eigenvalue weighted by Crippen LogP contribution is -2.36. The Morgan fingerprint density at radius 2 is 1.92 bits per heavy atom. The van der Waals surface area contributed by atoms with Crippen LogP contribution in [-0.2, 0) is 0 Å². The molecule has 0 aromatic rings. The highest BCUT2D eigenvalue weighted by Gasteiger charge is 2.04. The summed E-state index contributed by atoms with van der Waals surface area (Å²) in [4.78, 5) is 11.6. The van der Waals surface area contributed by atoms with Gasteiger partial charge in [-0.1, -0.05) is 76.0 Å². The van der Waals surface area contributed by atoms with Crippen molar-refractivity contribution in [3.63, 3.8) is 0 Å². The van der Waals surface area contributed by atoms with Crippen LogP contribution in [0.4, 0.5) is 4.79 Å². The molecule has 3 heteroatoms. The first-order valence-electron chi connectivity index (χ1n) is 9.00. The van der Waals surface area contributed by atoms with Gasteiger partial charge in [0.05, 0.1) is 0 Å². The highest BCUT2D eigenvalue weighted by molar-refractivity contribution is 5.73. The van der Waals surface area contributed by atoms with Gasteiger partial charge in [-0.05, 0) is 37.2 Å². The number of carbonyl (C=O) groups is 1. The lowest BCUT2D eigenvalue weighted by Gasteiger charge is -2.08. The molecule has 0 saturated carbocycles. The fourth-order valence-corrected chi connectivity index (χ4v) is 2.35. The predicted octanol–water partition coefficient (Wildman–Crippen LogP) is 5.79. The Hall–Kier alpha value is -2.03. The zero-order valence-corrected chi connectivity index (χ0v) is 15.6. The third-order valence-corrected chi connectivity index (χ3v) is 3.54. The fourth-order valence-electron chi connectivity index (χ4n) is 2.35. The van der Waals surface area contributed by atoms with Gasteiger partial charge in [0.25, 0.3) is 0 Å². The molecule has 1 unspecified atom stereocenters. The van der Waals surface area contributed by atoms with E-state index < -0.39 is 0 Å². The van der Waals surface area contributed by atoms with Gasteiger partial charge in [-0.15, -0.1) is 0 Å². The largest absolute Gasteiger partial charge is 0.338 e. The quantitative estimate of drug-likeness (QED) is 0.385. The van der Waals surface area contributed by atoms with Crippen LogP contribution in [0, 0.1) is 5.92 Å². The molecular weight excluding hydrogens is 296 g/mol. The molecule has 0 heterocycles. The molecule has 138 valence electrons. The van der Waals surface area contributed by atoms with E-state index in [-0.39, 0.29) is 8.88 Å². The third-order valence-electron chi connectivity index (χ3n) is 3.54. The van der Waals surface area contributed by atoms with Crippen molar-refractivity contribution in [2.45, 2.75) is 46.5 Å². The zero-order valence-electron chi connectivity index (χ0n) is 15.6. The van der Waals surface area contributed by atoms with Gasteiger partial charge in [0, 0.05) is 15.9 Å². The first kappa shape index (κ1) is 22.0. The molecule has 1 aliphatic carbocycles. The molecule has 0 aromatic carbocycles. The van der Waals surface area contributed by atoms with Crippen LogP contribution >= 0.6 is 0 Å². The normalized spacial score (nSPS) is 15.9. The van der Waals surface area contributed by atoms with Crippen molar-refractivity contribution in [1.82, 2.24) is 10.6 Å². The maximum Gasteiger partial charge on any atom is 0.314 e. The van der Waals surface area contributed by atoms with E-state index >= 15 is 0 Å². The zero-order chi connectivity index (χ0) is 18.2. The van der Waals surface area contributed by atoms with Crippen LogP contribution in [-0.4, -0.2) is 19.1 Å². The molecule has 0 aromatic heterocycles. The van der Waals surface area contributed by atoms with Crippen LogP contribution in [0.25, 0.3) is 0 Å². The summed E-state index contributed by atoms with van der Waals surface area (Å²) in [5.74, 6) is 0.557. The van der Waals surface area contributed by atoms with E-state index in [0.717, 1.165) is 31.3 Å². The van der Waals surface area contributed by atoms with Gasteiger partial charge in [-0.2, -0.15) is 0 Å². The van der Waals surface area contributed by atoms with Crippen molar-refractivity contribution in [3.05, 3.63) is 60.8 Å². The first-order valence-corrected chi connectivity index (χ1v) is 9.00. The average Bonchev–Trinajstić information content (AvgIpc) is 3.01. The maximum atomic E-state index is 11.6. The van der Waals surface area contributed by atoms with E-state index in [2.05, 4.69) is 48.9 Å². The molecule has 0 radical (unpaired) electrons. The average molecular weight is 335 g/mol. The summed E-state index contributed by atoms with van der Waals surface area (Å²) < 4.78 is 0. The van der Waals surface area contributed by atoms with Crippen molar-refractivity contribution in [2.24, 2.45) is 5.92 Å². The van der Waals surface area contributed by atoms with Crippen molar-refractivity contribution in [2.75, 3.05) is 13.1 Å². The molecule has 2 N–H and O–H groups in total. The topological polar surface area (TPSA) is 41.1 Å². The van der Waals surface area contributed by atoms with Gasteiger partial charge < -0.3 is 10.6 Å². The summed E-state index contributed by atoms with van der Waals surface area (Å²) in [6, 6.07) is -0.0860. The van der Waals surface area contributed by atoms with Gasteiger partial charge >= 0.3 is 6.03 Å². The summed E-state index contributed by atoms with van der Waals surface area (Å²) in [6.07, 6.45) is 16.0. The lowest BCUT2D eigenvalue weighted by molar-refractivity contribution is 0.240. The van der Waals surface area contributed by atoms with Crippen LogP contribution < -0.4 is 10.6 Å². The van der Waals surface area contributed by atoms with E-state index in [0.29, 0.717) is 19.0 Å². The molecule has 3 nitrogen and oxygen atoms in total. The fraction of sp³-hybridized carbons (Fsp3) is 0.476. The number of urea groups is 1. The molecule has 0 bridgehead atoms. The van der Waals surface area contributed by atoms with E-state index in [4.69, 9.17) is 0 Å². The van der Waals surface area contributed by atoms with Crippen LogP contribution in [0.3, 0.4) is 0 Å². The van der Waals surface area contributed by atoms with Crippen LogP contribution in [0.1, 0.15) is 49.3 Å².